The first-order valence-electron chi connectivity index (χ1n) is 6.55. The fraction of sp³-hybridized carbons (Fsp3) is 0.286. The Morgan fingerprint density at radius 2 is 1.82 bits per heavy atom. The molecule has 1 heterocycles. The number of rotatable bonds is 5. The Morgan fingerprint density at radius 1 is 1.14 bits per heavy atom. The third-order valence-corrected chi connectivity index (χ3v) is 2.75. The summed E-state index contributed by atoms with van der Waals surface area (Å²) >= 11 is 0. The number of benzene rings is 1. The maximum absolute atomic E-state index is 11.7. The summed E-state index contributed by atoms with van der Waals surface area (Å²) in [6, 6.07) is 5.69. The van der Waals surface area contributed by atoms with Crippen molar-refractivity contribution in [1.82, 2.24) is 15.0 Å². The number of nitrogens with zero attached hydrogens (tertiary/aromatic N) is 3. The number of esters is 1. The summed E-state index contributed by atoms with van der Waals surface area (Å²) in [7, 11) is 0. The monoisotopic (exact) mass is 303 g/mol. The third kappa shape index (κ3) is 4.30. The molecule has 0 radical (unpaired) electrons. The molecule has 2 aromatic rings. The number of nitrogens with two attached hydrogens (primary N) is 2. The van der Waals surface area contributed by atoms with Crippen LogP contribution in [-0.4, -0.2) is 27.5 Å². The standard InChI is InChI=1S/C14H17N5O3/c1-8-3-4-10(9(2)5-8)21-7-12(20)22-6-11-17-13(15)19-14(16)18-11/h3-5H,6-7H2,1-2H3,(H4,15,16,17,18,19). The van der Waals surface area contributed by atoms with Gasteiger partial charge in [-0.15, -0.1) is 0 Å². The molecule has 2 rings (SSSR count). The highest BCUT2D eigenvalue weighted by atomic mass is 16.6. The van der Waals surface area contributed by atoms with Gasteiger partial charge in [-0.25, -0.2) is 4.79 Å². The molecule has 8 heteroatoms. The zero-order chi connectivity index (χ0) is 16.1. The fourth-order valence-electron chi connectivity index (χ4n) is 1.81. The number of hydrogen-bond donors (Lipinski definition) is 2. The molecule has 0 saturated heterocycles. The number of anilines is 2. The van der Waals surface area contributed by atoms with Gasteiger partial charge in [0, 0.05) is 0 Å². The minimum atomic E-state index is -0.544. The van der Waals surface area contributed by atoms with Crippen LogP contribution in [-0.2, 0) is 16.1 Å². The van der Waals surface area contributed by atoms with Crippen molar-refractivity contribution >= 4 is 17.9 Å². The van der Waals surface area contributed by atoms with Crippen LogP contribution in [0.25, 0.3) is 0 Å². The first kappa shape index (κ1) is 15.5. The van der Waals surface area contributed by atoms with Gasteiger partial charge in [-0.05, 0) is 25.5 Å². The number of aromatic nitrogens is 3. The minimum Gasteiger partial charge on any atom is -0.482 e. The Bertz CT molecular complexity index is 670. The van der Waals surface area contributed by atoms with E-state index in [0.717, 1.165) is 11.1 Å². The van der Waals surface area contributed by atoms with E-state index in [-0.39, 0.29) is 30.9 Å². The average Bonchev–Trinajstić information content (AvgIpc) is 2.43. The van der Waals surface area contributed by atoms with Gasteiger partial charge in [0.25, 0.3) is 0 Å². The first-order valence-corrected chi connectivity index (χ1v) is 6.55. The van der Waals surface area contributed by atoms with E-state index in [1.807, 2.05) is 32.0 Å². The molecule has 0 saturated carbocycles. The van der Waals surface area contributed by atoms with Crippen LogP contribution in [0.3, 0.4) is 0 Å². The highest BCUT2D eigenvalue weighted by molar-refractivity contribution is 5.71. The topological polar surface area (TPSA) is 126 Å². The van der Waals surface area contributed by atoms with Gasteiger partial charge in [-0.2, -0.15) is 15.0 Å². The van der Waals surface area contributed by atoms with E-state index >= 15 is 0 Å². The summed E-state index contributed by atoms with van der Waals surface area (Å²) < 4.78 is 10.4. The zero-order valence-corrected chi connectivity index (χ0v) is 12.4. The van der Waals surface area contributed by atoms with Crippen molar-refractivity contribution in [2.45, 2.75) is 20.5 Å². The lowest BCUT2D eigenvalue weighted by molar-refractivity contribution is -0.147. The van der Waals surface area contributed by atoms with Gasteiger partial charge < -0.3 is 20.9 Å². The SMILES string of the molecule is Cc1ccc(OCC(=O)OCc2nc(N)nc(N)n2)c(C)c1. The van der Waals surface area contributed by atoms with Gasteiger partial charge in [0.2, 0.25) is 11.9 Å². The lowest BCUT2D eigenvalue weighted by Gasteiger charge is -2.09. The number of ether oxygens (including phenoxy) is 2. The molecule has 22 heavy (non-hydrogen) atoms. The van der Waals surface area contributed by atoms with Gasteiger partial charge in [0.1, 0.15) is 5.75 Å². The predicted octanol–water partition coefficient (Wildman–Crippen LogP) is 0.775. The van der Waals surface area contributed by atoms with E-state index in [0.29, 0.717) is 5.75 Å². The first-order chi connectivity index (χ1) is 10.4. The number of aryl methyl sites for hydroxylation is 2. The zero-order valence-electron chi connectivity index (χ0n) is 12.4. The Labute approximate surface area is 127 Å². The van der Waals surface area contributed by atoms with E-state index in [9.17, 15) is 4.79 Å². The van der Waals surface area contributed by atoms with Gasteiger partial charge in [-0.3, -0.25) is 0 Å². The van der Waals surface area contributed by atoms with Crippen molar-refractivity contribution < 1.29 is 14.3 Å². The molecule has 0 bridgehead atoms. The molecule has 0 fully saturated rings. The van der Waals surface area contributed by atoms with E-state index in [1.165, 1.54) is 0 Å². The number of carbonyl (C=O) groups excluding carboxylic acids is 1. The van der Waals surface area contributed by atoms with Crippen LogP contribution in [0.1, 0.15) is 17.0 Å². The van der Waals surface area contributed by atoms with Crippen LogP contribution < -0.4 is 16.2 Å². The second-order valence-corrected chi connectivity index (χ2v) is 4.69. The molecule has 4 N–H and O–H groups in total. The number of nitrogen functional groups attached to an aromatic ring is 2. The van der Waals surface area contributed by atoms with Crippen molar-refractivity contribution in [2.24, 2.45) is 0 Å². The minimum absolute atomic E-state index is 0.0231. The van der Waals surface area contributed by atoms with Crippen LogP contribution in [0.2, 0.25) is 0 Å². The normalized spacial score (nSPS) is 10.3. The molecule has 0 atom stereocenters. The fourth-order valence-corrected chi connectivity index (χ4v) is 1.81. The molecule has 1 aromatic carbocycles. The summed E-state index contributed by atoms with van der Waals surface area (Å²) in [5, 5.41) is 0. The van der Waals surface area contributed by atoms with E-state index in [4.69, 9.17) is 20.9 Å². The molecule has 0 amide bonds. The van der Waals surface area contributed by atoms with Gasteiger partial charge in [-0.1, -0.05) is 17.7 Å². The van der Waals surface area contributed by atoms with Crippen LogP contribution in [0.15, 0.2) is 18.2 Å². The third-order valence-electron chi connectivity index (χ3n) is 2.75. The summed E-state index contributed by atoms with van der Waals surface area (Å²) in [4.78, 5) is 22.9. The van der Waals surface area contributed by atoms with Crippen molar-refractivity contribution in [3.8, 4) is 5.75 Å². The average molecular weight is 303 g/mol. The second-order valence-electron chi connectivity index (χ2n) is 4.69. The Morgan fingerprint density at radius 3 is 2.45 bits per heavy atom. The molecule has 0 aliphatic rings. The van der Waals surface area contributed by atoms with Gasteiger partial charge in [0.05, 0.1) is 0 Å². The lowest BCUT2D eigenvalue weighted by atomic mass is 10.1. The smallest absolute Gasteiger partial charge is 0.344 e. The Kier molecular flexibility index (Phi) is 4.72. The summed E-state index contributed by atoms with van der Waals surface area (Å²) in [6.07, 6.45) is 0. The van der Waals surface area contributed by atoms with Gasteiger partial charge >= 0.3 is 5.97 Å². The van der Waals surface area contributed by atoms with Crippen molar-refractivity contribution in [3.63, 3.8) is 0 Å². The quantitative estimate of drug-likeness (QED) is 0.776. The maximum Gasteiger partial charge on any atom is 0.344 e. The molecule has 8 nitrogen and oxygen atoms in total. The molecule has 0 aliphatic carbocycles. The maximum atomic E-state index is 11.7. The molecule has 116 valence electrons. The molecule has 1 aromatic heterocycles. The van der Waals surface area contributed by atoms with Crippen LogP contribution in [0.5, 0.6) is 5.75 Å². The lowest BCUT2D eigenvalue weighted by Crippen LogP contribution is -2.16. The second kappa shape index (κ2) is 6.70. The van der Waals surface area contributed by atoms with E-state index < -0.39 is 5.97 Å². The number of carbonyl (C=O) groups is 1. The Balaban J connectivity index is 1.85. The Hall–Kier alpha value is -2.90. The largest absolute Gasteiger partial charge is 0.482 e. The van der Waals surface area contributed by atoms with Crippen molar-refractivity contribution in [3.05, 3.63) is 35.2 Å². The van der Waals surface area contributed by atoms with Crippen molar-refractivity contribution in [2.75, 3.05) is 18.1 Å². The van der Waals surface area contributed by atoms with Crippen molar-refractivity contribution in [1.29, 1.82) is 0 Å². The molecule has 0 unspecified atom stereocenters. The van der Waals surface area contributed by atoms with E-state index in [1.54, 1.807) is 0 Å². The number of hydrogen-bond acceptors (Lipinski definition) is 8. The summed E-state index contributed by atoms with van der Waals surface area (Å²) in [5.41, 5.74) is 12.9. The summed E-state index contributed by atoms with van der Waals surface area (Å²) in [6.45, 7) is 3.53. The van der Waals surface area contributed by atoms with Gasteiger partial charge in [0.15, 0.2) is 19.0 Å². The summed E-state index contributed by atoms with van der Waals surface area (Å²) in [5.74, 6) is 0.230. The van der Waals surface area contributed by atoms with E-state index in [2.05, 4.69) is 15.0 Å². The molecule has 0 spiro atoms. The molecular weight excluding hydrogens is 286 g/mol. The van der Waals surface area contributed by atoms with Crippen LogP contribution >= 0.6 is 0 Å². The molecular formula is C14H17N5O3. The highest BCUT2D eigenvalue weighted by Crippen LogP contribution is 2.18. The highest BCUT2D eigenvalue weighted by Gasteiger charge is 2.09. The molecule has 0 aliphatic heterocycles. The van der Waals surface area contributed by atoms with Crippen LogP contribution in [0.4, 0.5) is 11.9 Å². The van der Waals surface area contributed by atoms with Crippen LogP contribution in [0, 0.1) is 13.8 Å². The predicted molar refractivity (Wildman–Crippen MR) is 79.9 cm³/mol.